The molecule has 1 spiro atoms. The first kappa shape index (κ1) is 20.1. The number of hydrogen-bond donors (Lipinski definition) is 2. The number of hydrogen-bond acceptors (Lipinski definition) is 3. The van der Waals surface area contributed by atoms with Gasteiger partial charge in [0.2, 0.25) is 5.91 Å². The van der Waals surface area contributed by atoms with Gasteiger partial charge in [-0.25, -0.2) is 4.79 Å². The van der Waals surface area contributed by atoms with Crippen LogP contribution in [0.15, 0.2) is 24.3 Å². The number of halogens is 1. The molecule has 7 heteroatoms. The molecule has 1 aromatic rings. The molecule has 1 aromatic carbocycles. The molecule has 2 N–H and O–H groups in total. The van der Waals surface area contributed by atoms with Crippen molar-refractivity contribution in [1.82, 2.24) is 10.2 Å². The first-order valence-electron chi connectivity index (χ1n) is 9.30. The van der Waals surface area contributed by atoms with Gasteiger partial charge in [-0.2, -0.15) is 0 Å². The van der Waals surface area contributed by atoms with Gasteiger partial charge in [0.15, 0.2) is 0 Å². The van der Waals surface area contributed by atoms with Gasteiger partial charge in [-0.3, -0.25) is 14.5 Å². The Kier molecular flexibility index (Phi) is 5.52. The van der Waals surface area contributed by atoms with E-state index in [-0.39, 0.29) is 23.8 Å². The van der Waals surface area contributed by atoms with Crippen molar-refractivity contribution in [3.63, 3.8) is 0 Å². The highest BCUT2D eigenvalue weighted by molar-refractivity contribution is 14.1. The average Bonchev–Trinajstić information content (AvgIpc) is 2.81. The van der Waals surface area contributed by atoms with Crippen LogP contribution < -0.4 is 10.6 Å². The summed E-state index contributed by atoms with van der Waals surface area (Å²) in [5.41, 5.74) is 0.00958. The summed E-state index contributed by atoms with van der Waals surface area (Å²) in [7, 11) is 0. The summed E-state index contributed by atoms with van der Waals surface area (Å²) >= 11 is 2.18. The lowest BCUT2D eigenvalue weighted by molar-refractivity contribution is -0.135. The van der Waals surface area contributed by atoms with Gasteiger partial charge in [-0.05, 0) is 83.9 Å². The van der Waals surface area contributed by atoms with Crippen LogP contribution in [-0.2, 0) is 9.59 Å². The molecule has 0 atom stereocenters. The van der Waals surface area contributed by atoms with Crippen LogP contribution in [0.25, 0.3) is 0 Å². The lowest BCUT2D eigenvalue weighted by Gasteiger charge is -2.40. The van der Waals surface area contributed by atoms with Gasteiger partial charge < -0.3 is 10.6 Å². The van der Waals surface area contributed by atoms with E-state index in [1.807, 2.05) is 12.1 Å². The van der Waals surface area contributed by atoms with Crippen molar-refractivity contribution in [2.75, 3.05) is 11.9 Å². The Labute approximate surface area is 173 Å². The number of carbonyl (C=O) groups excluding carboxylic acids is 3. The minimum absolute atomic E-state index is 0.195. The van der Waals surface area contributed by atoms with E-state index in [4.69, 9.17) is 0 Å². The second-order valence-corrected chi connectivity index (χ2v) is 9.84. The molecule has 2 aliphatic rings. The largest absolute Gasteiger partial charge is 0.325 e. The molecule has 0 unspecified atom stereocenters. The Balaban J connectivity index is 1.63. The van der Waals surface area contributed by atoms with Gasteiger partial charge in [-0.15, -0.1) is 0 Å². The standard InChI is InChI=1S/C20H26IN3O3/c1-19(2,3)13-8-10-20(11-9-13)17(26)24(18(27)23-20)12-16(25)22-15-6-4-14(21)5-7-15/h4-7,13H,8-12H2,1-3H3,(H,22,25)(H,23,27). The molecular formula is C20H26IN3O3. The molecule has 146 valence electrons. The maximum Gasteiger partial charge on any atom is 0.325 e. The van der Waals surface area contributed by atoms with Crippen LogP contribution in [-0.4, -0.2) is 34.8 Å². The van der Waals surface area contributed by atoms with Crippen LogP contribution in [0.2, 0.25) is 0 Å². The van der Waals surface area contributed by atoms with E-state index in [2.05, 4.69) is 54.0 Å². The maximum atomic E-state index is 12.9. The summed E-state index contributed by atoms with van der Waals surface area (Å²) in [6.07, 6.45) is 3.07. The summed E-state index contributed by atoms with van der Waals surface area (Å²) in [5.74, 6) is -0.108. The molecule has 2 fully saturated rings. The molecule has 1 aliphatic heterocycles. The second-order valence-electron chi connectivity index (χ2n) is 8.60. The Morgan fingerprint density at radius 3 is 2.37 bits per heavy atom. The fourth-order valence-corrected chi connectivity index (χ4v) is 4.37. The SMILES string of the molecule is CC(C)(C)C1CCC2(CC1)NC(=O)N(CC(=O)Nc1ccc(I)cc1)C2=O. The molecule has 6 nitrogen and oxygen atoms in total. The van der Waals surface area contributed by atoms with Crippen LogP contribution in [0.3, 0.4) is 0 Å². The normalized spacial score (nSPS) is 25.6. The molecule has 1 saturated carbocycles. The molecule has 1 aliphatic carbocycles. The summed E-state index contributed by atoms with van der Waals surface area (Å²) in [6, 6.07) is 6.88. The number of carbonyl (C=O) groups is 3. The smallest absolute Gasteiger partial charge is 0.325 e. The van der Waals surface area contributed by atoms with Gasteiger partial charge in [0.1, 0.15) is 12.1 Å². The fourth-order valence-electron chi connectivity index (χ4n) is 4.01. The number of imide groups is 1. The van der Waals surface area contributed by atoms with Crippen LogP contribution in [0.4, 0.5) is 10.5 Å². The highest BCUT2D eigenvalue weighted by Crippen LogP contribution is 2.43. The lowest BCUT2D eigenvalue weighted by Crippen LogP contribution is -2.50. The van der Waals surface area contributed by atoms with E-state index < -0.39 is 11.6 Å². The minimum atomic E-state index is -0.831. The zero-order chi connectivity index (χ0) is 19.8. The van der Waals surface area contributed by atoms with Crippen LogP contribution in [0.1, 0.15) is 46.5 Å². The first-order valence-corrected chi connectivity index (χ1v) is 10.4. The zero-order valence-electron chi connectivity index (χ0n) is 16.0. The highest BCUT2D eigenvalue weighted by Gasteiger charge is 2.53. The topological polar surface area (TPSA) is 78.5 Å². The van der Waals surface area contributed by atoms with Gasteiger partial charge in [-0.1, -0.05) is 20.8 Å². The van der Waals surface area contributed by atoms with Gasteiger partial charge in [0.25, 0.3) is 5.91 Å². The quantitative estimate of drug-likeness (QED) is 0.508. The van der Waals surface area contributed by atoms with Crippen molar-refractivity contribution in [3.05, 3.63) is 27.8 Å². The van der Waals surface area contributed by atoms with Crippen molar-refractivity contribution in [2.45, 2.75) is 52.0 Å². The molecule has 3 rings (SSSR count). The van der Waals surface area contributed by atoms with Gasteiger partial charge >= 0.3 is 6.03 Å². The second kappa shape index (κ2) is 7.41. The molecular weight excluding hydrogens is 457 g/mol. The molecule has 0 aromatic heterocycles. The number of nitrogens with one attached hydrogen (secondary N) is 2. The molecule has 1 heterocycles. The Hall–Kier alpha value is -1.64. The summed E-state index contributed by atoms with van der Waals surface area (Å²) in [4.78, 5) is 38.7. The lowest BCUT2D eigenvalue weighted by atomic mass is 9.67. The number of benzene rings is 1. The van der Waals surface area contributed by atoms with Gasteiger partial charge in [0.05, 0.1) is 0 Å². The third kappa shape index (κ3) is 4.28. The predicted molar refractivity (Wildman–Crippen MR) is 112 cm³/mol. The summed E-state index contributed by atoms with van der Waals surface area (Å²) in [6.45, 7) is 6.38. The molecule has 1 saturated heterocycles. The highest BCUT2D eigenvalue weighted by atomic mass is 127. The van der Waals surface area contributed by atoms with Crippen molar-refractivity contribution in [3.8, 4) is 0 Å². The van der Waals surface area contributed by atoms with E-state index in [1.54, 1.807) is 12.1 Å². The molecule has 27 heavy (non-hydrogen) atoms. The number of nitrogens with zero attached hydrogens (tertiary/aromatic N) is 1. The van der Waals surface area contributed by atoms with Crippen molar-refractivity contribution in [1.29, 1.82) is 0 Å². The van der Waals surface area contributed by atoms with Gasteiger partial charge in [0, 0.05) is 9.26 Å². The Morgan fingerprint density at radius 1 is 1.22 bits per heavy atom. The van der Waals surface area contributed by atoms with Crippen molar-refractivity contribution < 1.29 is 14.4 Å². The predicted octanol–water partition coefficient (Wildman–Crippen LogP) is 3.76. The van der Waals surface area contributed by atoms with E-state index in [1.165, 1.54) is 0 Å². The Bertz CT molecular complexity index is 747. The van der Waals surface area contributed by atoms with Crippen molar-refractivity contribution >= 4 is 46.1 Å². The minimum Gasteiger partial charge on any atom is -0.325 e. The summed E-state index contributed by atoms with van der Waals surface area (Å²) < 4.78 is 1.06. The third-order valence-corrected chi connectivity index (χ3v) is 6.46. The van der Waals surface area contributed by atoms with Crippen LogP contribution in [0.5, 0.6) is 0 Å². The molecule has 4 amide bonds. The summed E-state index contributed by atoms with van der Waals surface area (Å²) in [5, 5.41) is 5.61. The number of rotatable bonds is 3. The van der Waals surface area contributed by atoms with E-state index in [9.17, 15) is 14.4 Å². The van der Waals surface area contributed by atoms with Crippen LogP contribution >= 0.6 is 22.6 Å². The first-order chi connectivity index (χ1) is 12.6. The van der Waals surface area contributed by atoms with Crippen molar-refractivity contribution in [2.24, 2.45) is 11.3 Å². The van der Waals surface area contributed by atoms with E-state index in [0.717, 1.165) is 21.3 Å². The number of anilines is 1. The Morgan fingerprint density at radius 2 is 1.81 bits per heavy atom. The third-order valence-electron chi connectivity index (χ3n) is 5.74. The fraction of sp³-hybridized carbons (Fsp3) is 0.550. The number of urea groups is 1. The van der Waals surface area contributed by atoms with E-state index in [0.29, 0.717) is 24.4 Å². The monoisotopic (exact) mass is 483 g/mol. The maximum absolute atomic E-state index is 12.9. The van der Waals surface area contributed by atoms with Crippen LogP contribution in [0, 0.1) is 14.9 Å². The number of amides is 4. The van der Waals surface area contributed by atoms with E-state index >= 15 is 0 Å². The average molecular weight is 483 g/mol. The molecule has 0 bridgehead atoms. The zero-order valence-corrected chi connectivity index (χ0v) is 18.1. The molecule has 0 radical (unpaired) electrons.